The molecule has 0 amide bonds. The minimum atomic E-state index is -0.143. The summed E-state index contributed by atoms with van der Waals surface area (Å²) in [6.07, 6.45) is 3.54. The molecular formula is C12H16FN. The van der Waals surface area contributed by atoms with Gasteiger partial charge in [0, 0.05) is 5.54 Å². The summed E-state index contributed by atoms with van der Waals surface area (Å²) in [4.78, 5) is 0. The average molecular weight is 193 g/mol. The molecule has 14 heavy (non-hydrogen) atoms. The molecule has 1 aromatic carbocycles. The topological polar surface area (TPSA) is 12.0 Å². The van der Waals surface area contributed by atoms with Crippen LogP contribution in [-0.2, 0) is 5.54 Å². The third-order valence-electron chi connectivity index (χ3n) is 3.08. The Morgan fingerprint density at radius 1 is 1.36 bits per heavy atom. The Morgan fingerprint density at radius 2 is 2.21 bits per heavy atom. The first-order valence-corrected chi connectivity index (χ1v) is 5.22. The predicted octanol–water partition coefficient (Wildman–Crippen LogP) is 2.81. The van der Waals surface area contributed by atoms with Gasteiger partial charge < -0.3 is 5.32 Å². The summed E-state index contributed by atoms with van der Waals surface area (Å²) in [6.45, 7) is 3.19. The van der Waals surface area contributed by atoms with Crippen LogP contribution in [0.3, 0.4) is 0 Å². The van der Waals surface area contributed by atoms with Crippen LogP contribution in [0.15, 0.2) is 24.3 Å². The van der Waals surface area contributed by atoms with Gasteiger partial charge in [0.15, 0.2) is 0 Å². The first-order valence-electron chi connectivity index (χ1n) is 5.22. The summed E-state index contributed by atoms with van der Waals surface area (Å²) in [7, 11) is 0. The third-order valence-corrected chi connectivity index (χ3v) is 3.08. The second kappa shape index (κ2) is 3.70. The van der Waals surface area contributed by atoms with Gasteiger partial charge in [-0.2, -0.15) is 0 Å². The molecule has 1 heterocycles. The average Bonchev–Trinajstić information content (AvgIpc) is 2.19. The van der Waals surface area contributed by atoms with Gasteiger partial charge in [-0.15, -0.1) is 0 Å². The third kappa shape index (κ3) is 1.80. The first kappa shape index (κ1) is 9.66. The molecule has 1 saturated heterocycles. The molecule has 1 nitrogen and oxygen atoms in total. The van der Waals surface area contributed by atoms with Crippen molar-refractivity contribution < 1.29 is 4.39 Å². The van der Waals surface area contributed by atoms with Gasteiger partial charge in [-0.3, -0.25) is 0 Å². The maximum Gasteiger partial charge on any atom is 0.123 e. The Labute approximate surface area is 84.3 Å². The zero-order valence-corrected chi connectivity index (χ0v) is 8.52. The standard InChI is InChI=1S/C12H16FN/c1-12(7-2-3-8-14-12)10-5-4-6-11(13)9-10/h4-6,9,14H,2-3,7-8H2,1H3. The highest BCUT2D eigenvalue weighted by atomic mass is 19.1. The maximum absolute atomic E-state index is 13.1. The fraction of sp³-hybridized carbons (Fsp3) is 0.500. The van der Waals surface area contributed by atoms with Crippen LogP contribution in [0.2, 0.25) is 0 Å². The number of nitrogens with one attached hydrogen (secondary N) is 1. The highest BCUT2D eigenvalue weighted by Gasteiger charge is 2.28. The first-order chi connectivity index (χ1) is 6.71. The van der Waals surface area contributed by atoms with Crippen molar-refractivity contribution in [2.75, 3.05) is 6.54 Å². The van der Waals surface area contributed by atoms with E-state index in [4.69, 9.17) is 0 Å². The van der Waals surface area contributed by atoms with Gasteiger partial charge in [0.1, 0.15) is 5.82 Å². The number of benzene rings is 1. The minimum absolute atomic E-state index is 0.0274. The van der Waals surface area contributed by atoms with Crippen LogP contribution >= 0.6 is 0 Å². The maximum atomic E-state index is 13.1. The fourth-order valence-corrected chi connectivity index (χ4v) is 2.13. The molecule has 0 aliphatic carbocycles. The van der Waals surface area contributed by atoms with Crippen LogP contribution in [0, 0.1) is 5.82 Å². The molecule has 0 aromatic heterocycles. The second-order valence-electron chi connectivity index (χ2n) is 4.23. The van der Waals surface area contributed by atoms with E-state index < -0.39 is 0 Å². The lowest BCUT2D eigenvalue weighted by Gasteiger charge is -2.35. The van der Waals surface area contributed by atoms with Gasteiger partial charge in [-0.05, 0) is 44.0 Å². The smallest absolute Gasteiger partial charge is 0.123 e. The lowest BCUT2D eigenvalue weighted by atomic mass is 9.84. The second-order valence-corrected chi connectivity index (χ2v) is 4.23. The highest BCUT2D eigenvalue weighted by molar-refractivity contribution is 5.24. The van der Waals surface area contributed by atoms with Gasteiger partial charge in [0.05, 0.1) is 0 Å². The molecule has 1 N–H and O–H groups in total. The van der Waals surface area contributed by atoms with E-state index in [2.05, 4.69) is 12.2 Å². The molecular weight excluding hydrogens is 177 g/mol. The molecule has 1 aromatic rings. The van der Waals surface area contributed by atoms with Gasteiger partial charge in [0.25, 0.3) is 0 Å². The van der Waals surface area contributed by atoms with Crippen LogP contribution in [0.25, 0.3) is 0 Å². The summed E-state index contributed by atoms with van der Waals surface area (Å²) in [6, 6.07) is 6.92. The fourth-order valence-electron chi connectivity index (χ4n) is 2.13. The largest absolute Gasteiger partial charge is 0.308 e. The SMILES string of the molecule is CC1(c2cccc(F)c2)CCCCN1. The molecule has 0 bridgehead atoms. The number of hydrogen-bond acceptors (Lipinski definition) is 1. The van der Waals surface area contributed by atoms with Crippen LogP contribution in [0.1, 0.15) is 31.7 Å². The van der Waals surface area contributed by atoms with Gasteiger partial charge in [-0.25, -0.2) is 4.39 Å². The minimum Gasteiger partial charge on any atom is -0.308 e. The van der Waals surface area contributed by atoms with Crippen molar-refractivity contribution in [2.24, 2.45) is 0 Å². The molecule has 2 heteroatoms. The molecule has 0 spiro atoms. The lowest BCUT2D eigenvalue weighted by molar-refractivity contribution is 0.282. The van der Waals surface area contributed by atoms with Crippen molar-refractivity contribution in [3.05, 3.63) is 35.6 Å². The van der Waals surface area contributed by atoms with Crippen molar-refractivity contribution in [3.8, 4) is 0 Å². The Bertz CT molecular complexity index is 316. The van der Waals surface area contributed by atoms with Crippen molar-refractivity contribution in [2.45, 2.75) is 31.7 Å². The molecule has 76 valence electrons. The molecule has 1 atom stereocenters. The molecule has 1 fully saturated rings. The van der Waals surface area contributed by atoms with E-state index in [1.54, 1.807) is 12.1 Å². The van der Waals surface area contributed by atoms with E-state index in [9.17, 15) is 4.39 Å². The summed E-state index contributed by atoms with van der Waals surface area (Å²) in [5.41, 5.74) is 1.04. The van der Waals surface area contributed by atoms with E-state index >= 15 is 0 Å². The van der Waals surface area contributed by atoms with Crippen LogP contribution in [-0.4, -0.2) is 6.54 Å². The molecule has 0 radical (unpaired) electrons. The van der Waals surface area contributed by atoms with E-state index in [0.717, 1.165) is 18.5 Å². The van der Waals surface area contributed by atoms with Crippen molar-refractivity contribution in [3.63, 3.8) is 0 Å². The summed E-state index contributed by atoms with van der Waals surface area (Å²) < 4.78 is 13.1. The van der Waals surface area contributed by atoms with E-state index in [1.165, 1.54) is 18.9 Å². The molecule has 0 saturated carbocycles. The Hall–Kier alpha value is -0.890. The number of piperidine rings is 1. The Kier molecular flexibility index (Phi) is 2.55. The zero-order valence-electron chi connectivity index (χ0n) is 8.52. The molecule has 1 unspecified atom stereocenters. The summed E-state index contributed by atoms with van der Waals surface area (Å²) in [5.74, 6) is -0.143. The number of hydrogen-bond donors (Lipinski definition) is 1. The number of halogens is 1. The van der Waals surface area contributed by atoms with Crippen LogP contribution in [0.4, 0.5) is 4.39 Å². The van der Waals surface area contributed by atoms with E-state index in [1.807, 2.05) is 6.07 Å². The molecule has 1 aliphatic rings. The van der Waals surface area contributed by atoms with Crippen LogP contribution < -0.4 is 5.32 Å². The monoisotopic (exact) mass is 193 g/mol. The van der Waals surface area contributed by atoms with Crippen molar-refractivity contribution >= 4 is 0 Å². The van der Waals surface area contributed by atoms with Gasteiger partial charge >= 0.3 is 0 Å². The quantitative estimate of drug-likeness (QED) is 0.723. The lowest BCUT2D eigenvalue weighted by Crippen LogP contribution is -2.43. The van der Waals surface area contributed by atoms with Gasteiger partial charge in [-0.1, -0.05) is 18.6 Å². The van der Waals surface area contributed by atoms with Crippen molar-refractivity contribution in [1.29, 1.82) is 0 Å². The number of rotatable bonds is 1. The highest BCUT2D eigenvalue weighted by Crippen LogP contribution is 2.29. The normalized spacial score (nSPS) is 27.6. The van der Waals surface area contributed by atoms with Crippen LogP contribution in [0.5, 0.6) is 0 Å². The summed E-state index contributed by atoms with van der Waals surface area (Å²) in [5, 5.41) is 3.47. The molecule has 1 aliphatic heterocycles. The van der Waals surface area contributed by atoms with E-state index in [0.29, 0.717) is 0 Å². The Balaban J connectivity index is 2.28. The summed E-state index contributed by atoms with van der Waals surface area (Å²) >= 11 is 0. The zero-order chi connectivity index (χ0) is 10.0. The van der Waals surface area contributed by atoms with E-state index in [-0.39, 0.29) is 11.4 Å². The van der Waals surface area contributed by atoms with Gasteiger partial charge in [0.2, 0.25) is 0 Å². The predicted molar refractivity (Wildman–Crippen MR) is 55.6 cm³/mol. The van der Waals surface area contributed by atoms with Crippen molar-refractivity contribution in [1.82, 2.24) is 5.32 Å². The molecule has 2 rings (SSSR count). The Morgan fingerprint density at radius 3 is 2.86 bits per heavy atom.